The highest BCUT2D eigenvalue weighted by atomic mass is 32.2. The SMILES string of the molecule is CC(C)N(CC(N)=O)S(=O)(=O)CCSc1ccc(N)cc1. The summed E-state index contributed by atoms with van der Waals surface area (Å²) in [6.07, 6.45) is 0. The van der Waals surface area contributed by atoms with Crippen LogP contribution in [0.1, 0.15) is 13.8 Å². The lowest BCUT2D eigenvalue weighted by Gasteiger charge is -2.24. The zero-order chi connectivity index (χ0) is 16.0. The molecule has 0 spiro atoms. The Hall–Kier alpha value is -1.25. The van der Waals surface area contributed by atoms with Crippen LogP contribution >= 0.6 is 11.8 Å². The Morgan fingerprint density at radius 1 is 1.29 bits per heavy atom. The maximum atomic E-state index is 12.2. The molecule has 0 aliphatic heterocycles. The Labute approximate surface area is 129 Å². The van der Waals surface area contributed by atoms with Crippen molar-refractivity contribution in [3.63, 3.8) is 0 Å². The number of benzene rings is 1. The van der Waals surface area contributed by atoms with Gasteiger partial charge in [-0.15, -0.1) is 11.8 Å². The lowest BCUT2D eigenvalue weighted by molar-refractivity contribution is -0.118. The third-order valence-corrected chi connectivity index (χ3v) is 5.99. The molecule has 1 rings (SSSR count). The Morgan fingerprint density at radius 2 is 1.86 bits per heavy atom. The molecule has 0 unspecified atom stereocenters. The molecular formula is C13H21N3O3S2. The Morgan fingerprint density at radius 3 is 2.33 bits per heavy atom. The molecular weight excluding hydrogens is 310 g/mol. The summed E-state index contributed by atoms with van der Waals surface area (Å²) in [7, 11) is -3.51. The van der Waals surface area contributed by atoms with Crippen LogP contribution in [0.4, 0.5) is 5.69 Å². The van der Waals surface area contributed by atoms with Gasteiger partial charge < -0.3 is 11.5 Å². The van der Waals surface area contributed by atoms with Gasteiger partial charge in [0.1, 0.15) is 0 Å². The largest absolute Gasteiger partial charge is 0.399 e. The van der Waals surface area contributed by atoms with E-state index < -0.39 is 15.9 Å². The van der Waals surface area contributed by atoms with Crippen molar-refractivity contribution in [2.45, 2.75) is 24.8 Å². The van der Waals surface area contributed by atoms with E-state index in [2.05, 4.69) is 0 Å². The summed E-state index contributed by atoms with van der Waals surface area (Å²) in [5, 5.41) is 0. The van der Waals surface area contributed by atoms with Gasteiger partial charge in [0.15, 0.2) is 0 Å². The quantitative estimate of drug-likeness (QED) is 0.543. The van der Waals surface area contributed by atoms with E-state index >= 15 is 0 Å². The van der Waals surface area contributed by atoms with E-state index in [-0.39, 0.29) is 18.3 Å². The number of nitrogens with two attached hydrogens (primary N) is 2. The zero-order valence-corrected chi connectivity index (χ0v) is 13.8. The number of rotatable bonds is 8. The monoisotopic (exact) mass is 331 g/mol. The van der Waals surface area contributed by atoms with E-state index in [1.54, 1.807) is 26.0 Å². The van der Waals surface area contributed by atoms with Crippen LogP contribution in [-0.2, 0) is 14.8 Å². The molecule has 0 saturated carbocycles. The molecule has 0 atom stereocenters. The van der Waals surface area contributed by atoms with Gasteiger partial charge in [0.2, 0.25) is 15.9 Å². The Bertz CT molecular complexity index is 571. The van der Waals surface area contributed by atoms with Crippen molar-refractivity contribution < 1.29 is 13.2 Å². The third-order valence-electron chi connectivity index (χ3n) is 2.74. The van der Waals surface area contributed by atoms with Gasteiger partial charge in [-0.05, 0) is 38.1 Å². The molecule has 0 saturated heterocycles. The molecule has 118 valence electrons. The second-order valence-electron chi connectivity index (χ2n) is 4.84. The van der Waals surface area contributed by atoms with Crippen LogP contribution in [0.2, 0.25) is 0 Å². The molecule has 1 amide bonds. The molecule has 6 nitrogen and oxygen atoms in total. The molecule has 8 heteroatoms. The second kappa shape index (κ2) is 7.67. The number of hydrogen-bond acceptors (Lipinski definition) is 5. The maximum Gasteiger partial charge on any atom is 0.232 e. The second-order valence-corrected chi connectivity index (χ2v) is 8.05. The normalized spacial score (nSPS) is 12.0. The average Bonchev–Trinajstić information content (AvgIpc) is 2.37. The van der Waals surface area contributed by atoms with Crippen LogP contribution < -0.4 is 11.5 Å². The third kappa shape index (κ3) is 5.94. The van der Waals surface area contributed by atoms with Crippen LogP contribution in [0.25, 0.3) is 0 Å². The topological polar surface area (TPSA) is 106 Å². The summed E-state index contributed by atoms with van der Waals surface area (Å²) in [5.41, 5.74) is 11.4. The van der Waals surface area contributed by atoms with E-state index in [4.69, 9.17) is 11.5 Å². The molecule has 0 fully saturated rings. The number of carbonyl (C=O) groups is 1. The van der Waals surface area contributed by atoms with Crippen molar-refractivity contribution in [3.05, 3.63) is 24.3 Å². The first kappa shape index (κ1) is 17.8. The summed E-state index contributed by atoms with van der Waals surface area (Å²) in [5.74, 6) is -0.305. The lowest BCUT2D eigenvalue weighted by Crippen LogP contribution is -2.44. The van der Waals surface area contributed by atoms with Gasteiger partial charge in [0.05, 0.1) is 12.3 Å². The van der Waals surface area contributed by atoms with Crippen molar-refractivity contribution in [1.82, 2.24) is 4.31 Å². The van der Waals surface area contributed by atoms with Crippen LogP contribution in [0.5, 0.6) is 0 Å². The van der Waals surface area contributed by atoms with E-state index in [0.29, 0.717) is 11.4 Å². The van der Waals surface area contributed by atoms with Gasteiger partial charge in [-0.1, -0.05) is 0 Å². The minimum Gasteiger partial charge on any atom is -0.399 e. The number of carbonyl (C=O) groups excluding carboxylic acids is 1. The van der Waals surface area contributed by atoms with Crippen molar-refractivity contribution in [3.8, 4) is 0 Å². The number of amides is 1. The minimum atomic E-state index is -3.51. The summed E-state index contributed by atoms with van der Waals surface area (Å²) < 4.78 is 25.6. The van der Waals surface area contributed by atoms with Gasteiger partial charge in [0, 0.05) is 22.4 Å². The average molecular weight is 331 g/mol. The number of primary amides is 1. The molecule has 0 aromatic heterocycles. The molecule has 21 heavy (non-hydrogen) atoms. The molecule has 4 N–H and O–H groups in total. The predicted octanol–water partition coefficient (Wildman–Crippen LogP) is 0.886. The number of thioether (sulfide) groups is 1. The highest BCUT2D eigenvalue weighted by Crippen LogP contribution is 2.20. The number of sulfonamides is 1. The van der Waals surface area contributed by atoms with Crippen LogP contribution in [0, 0.1) is 0 Å². The van der Waals surface area contributed by atoms with Gasteiger partial charge in [0.25, 0.3) is 0 Å². The van der Waals surface area contributed by atoms with Crippen molar-refractivity contribution in [2.24, 2.45) is 5.73 Å². The summed E-state index contributed by atoms with van der Waals surface area (Å²) in [4.78, 5) is 11.9. The smallest absolute Gasteiger partial charge is 0.232 e. The summed E-state index contributed by atoms with van der Waals surface area (Å²) >= 11 is 1.43. The number of anilines is 1. The lowest BCUT2D eigenvalue weighted by atomic mass is 10.3. The molecule has 0 aliphatic rings. The molecule has 1 aromatic carbocycles. The van der Waals surface area contributed by atoms with Gasteiger partial charge in [-0.3, -0.25) is 4.79 Å². The van der Waals surface area contributed by atoms with E-state index in [0.717, 1.165) is 9.20 Å². The fourth-order valence-electron chi connectivity index (χ4n) is 1.70. The fraction of sp³-hybridized carbons (Fsp3) is 0.462. The van der Waals surface area contributed by atoms with Crippen LogP contribution in [0.3, 0.4) is 0 Å². The first-order valence-corrected chi connectivity index (χ1v) is 9.08. The van der Waals surface area contributed by atoms with Crippen molar-refractivity contribution >= 4 is 33.4 Å². The molecule has 0 aliphatic carbocycles. The number of nitrogens with zero attached hydrogens (tertiary/aromatic N) is 1. The Balaban J connectivity index is 2.62. The number of hydrogen-bond donors (Lipinski definition) is 2. The standard InChI is InChI=1S/C13H21N3O3S2/c1-10(2)16(9-13(15)17)21(18,19)8-7-20-12-5-3-11(14)4-6-12/h3-6,10H,7-9,14H2,1-2H3,(H2,15,17). The first-order valence-electron chi connectivity index (χ1n) is 6.48. The van der Waals surface area contributed by atoms with E-state index in [1.165, 1.54) is 11.8 Å². The molecule has 0 heterocycles. The first-order chi connectivity index (χ1) is 9.72. The van der Waals surface area contributed by atoms with Gasteiger partial charge >= 0.3 is 0 Å². The maximum absolute atomic E-state index is 12.2. The number of nitrogen functional groups attached to an aromatic ring is 1. The van der Waals surface area contributed by atoms with Crippen molar-refractivity contribution in [2.75, 3.05) is 23.8 Å². The zero-order valence-electron chi connectivity index (χ0n) is 12.2. The van der Waals surface area contributed by atoms with Crippen LogP contribution in [-0.4, -0.2) is 42.7 Å². The predicted molar refractivity (Wildman–Crippen MR) is 86.4 cm³/mol. The highest BCUT2D eigenvalue weighted by molar-refractivity contribution is 8.00. The van der Waals surface area contributed by atoms with Gasteiger partial charge in [-0.2, -0.15) is 4.31 Å². The summed E-state index contributed by atoms with van der Waals surface area (Å²) in [6, 6.07) is 6.92. The Kier molecular flexibility index (Phi) is 6.50. The van der Waals surface area contributed by atoms with E-state index in [1.807, 2.05) is 12.1 Å². The van der Waals surface area contributed by atoms with E-state index in [9.17, 15) is 13.2 Å². The van der Waals surface area contributed by atoms with Crippen molar-refractivity contribution in [1.29, 1.82) is 0 Å². The molecule has 1 aromatic rings. The minimum absolute atomic E-state index is 0.0481. The van der Waals surface area contributed by atoms with Crippen LogP contribution in [0.15, 0.2) is 29.2 Å². The fourth-order valence-corrected chi connectivity index (χ4v) is 4.64. The summed E-state index contributed by atoms with van der Waals surface area (Å²) in [6.45, 7) is 3.15. The molecule has 0 bridgehead atoms. The van der Waals surface area contributed by atoms with Gasteiger partial charge in [-0.25, -0.2) is 8.42 Å². The molecule has 0 radical (unpaired) electrons. The highest BCUT2D eigenvalue weighted by Gasteiger charge is 2.26.